The second-order valence-electron chi connectivity index (χ2n) is 3.83. The van der Waals surface area contributed by atoms with Crippen LogP contribution in [-0.2, 0) is 6.42 Å². The molecule has 3 nitrogen and oxygen atoms in total. The number of ether oxygens (including phenoxy) is 1. The first-order valence-corrected chi connectivity index (χ1v) is 6.41. The van der Waals surface area contributed by atoms with Gasteiger partial charge in [-0.3, -0.25) is 0 Å². The number of aromatic nitrogens is 1. The summed E-state index contributed by atoms with van der Waals surface area (Å²) in [6.45, 7) is 2.01. The smallest absolute Gasteiger partial charge is 0.238 e. The number of aryl methyl sites for hydroxylation is 1. The highest BCUT2D eigenvalue weighted by molar-refractivity contribution is 6.32. The largest absolute Gasteiger partial charge is 0.438 e. The van der Waals surface area contributed by atoms with Crippen molar-refractivity contribution in [1.29, 1.82) is 5.26 Å². The summed E-state index contributed by atoms with van der Waals surface area (Å²) >= 11 is 12.0. The Balaban J connectivity index is 2.29. The minimum absolute atomic E-state index is 0.269. The van der Waals surface area contributed by atoms with Crippen molar-refractivity contribution in [1.82, 2.24) is 4.98 Å². The number of nitriles is 1. The summed E-state index contributed by atoms with van der Waals surface area (Å²) in [6, 6.07) is 8.84. The molecule has 0 aliphatic heterocycles. The topological polar surface area (TPSA) is 45.9 Å². The molecule has 96 valence electrons. The van der Waals surface area contributed by atoms with Crippen molar-refractivity contribution in [2.24, 2.45) is 0 Å². The van der Waals surface area contributed by atoms with E-state index in [1.54, 1.807) is 12.1 Å². The zero-order valence-electron chi connectivity index (χ0n) is 10.2. The summed E-state index contributed by atoms with van der Waals surface area (Å²) < 4.78 is 5.60. The second kappa shape index (κ2) is 5.92. The average Bonchev–Trinajstić information content (AvgIpc) is 2.43. The van der Waals surface area contributed by atoms with Crippen molar-refractivity contribution in [3.63, 3.8) is 0 Å². The molecule has 19 heavy (non-hydrogen) atoms. The Morgan fingerprint density at radius 1 is 1.26 bits per heavy atom. The minimum atomic E-state index is 0.269. The second-order valence-corrected chi connectivity index (χ2v) is 4.65. The molecule has 0 atom stereocenters. The molecule has 0 aliphatic carbocycles. The van der Waals surface area contributed by atoms with E-state index in [1.807, 2.05) is 19.1 Å². The maximum atomic E-state index is 8.74. The van der Waals surface area contributed by atoms with Crippen LogP contribution in [0.2, 0.25) is 10.0 Å². The molecule has 0 unspecified atom stereocenters. The van der Waals surface area contributed by atoms with Crippen molar-refractivity contribution in [2.45, 2.75) is 13.3 Å². The Hall–Kier alpha value is -1.76. The molecular weight excluding hydrogens is 283 g/mol. The molecule has 1 aromatic heterocycles. The van der Waals surface area contributed by atoms with E-state index in [4.69, 9.17) is 33.2 Å². The van der Waals surface area contributed by atoms with Gasteiger partial charge in [0.1, 0.15) is 16.8 Å². The predicted octanol–water partition coefficient (Wildman–Crippen LogP) is 4.61. The molecule has 0 saturated heterocycles. The van der Waals surface area contributed by atoms with Crippen LogP contribution in [0.15, 0.2) is 30.5 Å². The van der Waals surface area contributed by atoms with Gasteiger partial charge in [-0.25, -0.2) is 4.98 Å². The van der Waals surface area contributed by atoms with Gasteiger partial charge in [0, 0.05) is 11.2 Å². The summed E-state index contributed by atoms with van der Waals surface area (Å²) in [4.78, 5) is 4.01. The van der Waals surface area contributed by atoms with Crippen LogP contribution in [0.4, 0.5) is 0 Å². The van der Waals surface area contributed by atoms with E-state index in [0.29, 0.717) is 21.4 Å². The average molecular weight is 293 g/mol. The standard InChI is InChI=1S/C14H10Cl2N2O/c1-2-10-6-11(3-4-12(10)15)19-14-13(16)5-9(7-17)8-18-14/h3-6,8H,2H2,1H3. The maximum Gasteiger partial charge on any atom is 0.238 e. The fourth-order valence-corrected chi connectivity index (χ4v) is 2.01. The number of rotatable bonds is 3. The van der Waals surface area contributed by atoms with E-state index < -0.39 is 0 Å². The first-order chi connectivity index (χ1) is 9.13. The molecule has 1 heterocycles. The molecule has 0 bridgehead atoms. The van der Waals surface area contributed by atoms with Crippen LogP contribution in [0.3, 0.4) is 0 Å². The predicted molar refractivity (Wildman–Crippen MR) is 74.9 cm³/mol. The first kappa shape index (κ1) is 13.7. The quantitative estimate of drug-likeness (QED) is 0.829. The van der Waals surface area contributed by atoms with Crippen LogP contribution in [0.5, 0.6) is 11.6 Å². The number of hydrogen-bond acceptors (Lipinski definition) is 3. The molecule has 0 radical (unpaired) electrons. The van der Waals surface area contributed by atoms with Crippen LogP contribution >= 0.6 is 23.2 Å². The first-order valence-electron chi connectivity index (χ1n) is 5.66. The van der Waals surface area contributed by atoms with Gasteiger partial charge in [0.15, 0.2) is 0 Å². The zero-order chi connectivity index (χ0) is 13.8. The van der Waals surface area contributed by atoms with Crippen LogP contribution < -0.4 is 4.74 Å². The number of halogens is 2. The van der Waals surface area contributed by atoms with Gasteiger partial charge in [0.05, 0.1) is 5.56 Å². The Labute approximate surface area is 121 Å². The molecule has 0 aliphatic rings. The highest BCUT2D eigenvalue weighted by atomic mass is 35.5. The third-order valence-electron chi connectivity index (χ3n) is 2.55. The molecule has 0 spiro atoms. The molecule has 5 heteroatoms. The highest BCUT2D eigenvalue weighted by Gasteiger charge is 2.08. The number of pyridine rings is 1. The van der Waals surface area contributed by atoms with Gasteiger partial charge in [0.25, 0.3) is 0 Å². The van der Waals surface area contributed by atoms with E-state index in [9.17, 15) is 0 Å². The van der Waals surface area contributed by atoms with Crippen molar-refractivity contribution >= 4 is 23.2 Å². The monoisotopic (exact) mass is 292 g/mol. The molecule has 0 fully saturated rings. The fraction of sp³-hybridized carbons (Fsp3) is 0.143. The van der Waals surface area contributed by atoms with Gasteiger partial charge < -0.3 is 4.74 Å². The van der Waals surface area contributed by atoms with E-state index in [-0.39, 0.29) is 5.88 Å². The summed E-state index contributed by atoms with van der Waals surface area (Å²) in [5, 5.41) is 9.74. The van der Waals surface area contributed by atoms with Crippen molar-refractivity contribution in [2.75, 3.05) is 0 Å². The van der Waals surface area contributed by atoms with E-state index in [0.717, 1.165) is 12.0 Å². The Morgan fingerprint density at radius 2 is 2.05 bits per heavy atom. The maximum absolute atomic E-state index is 8.74. The number of nitrogens with zero attached hydrogens (tertiary/aromatic N) is 2. The van der Waals surface area contributed by atoms with Gasteiger partial charge in [-0.05, 0) is 36.2 Å². The summed E-state index contributed by atoms with van der Waals surface area (Å²) in [5.74, 6) is 0.880. The molecule has 2 aromatic rings. The number of benzene rings is 1. The Bertz CT molecular complexity index is 650. The van der Waals surface area contributed by atoms with Crippen molar-refractivity contribution in [3.8, 4) is 17.7 Å². The summed E-state index contributed by atoms with van der Waals surface area (Å²) in [5.41, 5.74) is 1.38. The van der Waals surface area contributed by atoms with E-state index >= 15 is 0 Å². The lowest BCUT2D eigenvalue weighted by atomic mass is 10.1. The lowest BCUT2D eigenvalue weighted by Gasteiger charge is -2.08. The van der Waals surface area contributed by atoms with Gasteiger partial charge in [-0.2, -0.15) is 5.26 Å². The lowest BCUT2D eigenvalue weighted by molar-refractivity contribution is 0.462. The highest BCUT2D eigenvalue weighted by Crippen LogP contribution is 2.30. The third-order valence-corrected chi connectivity index (χ3v) is 3.19. The van der Waals surface area contributed by atoms with Gasteiger partial charge >= 0.3 is 0 Å². The molecule has 0 amide bonds. The molecule has 2 rings (SSSR count). The van der Waals surface area contributed by atoms with Gasteiger partial charge in [-0.1, -0.05) is 30.1 Å². The van der Waals surface area contributed by atoms with Crippen LogP contribution in [0.25, 0.3) is 0 Å². The van der Waals surface area contributed by atoms with Gasteiger partial charge in [0.2, 0.25) is 5.88 Å². The van der Waals surface area contributed by atoms with Gasteiger partial charge in [-0.15, -0.1) is 0 Å². The molecule has 0 N–H and O–H groups in total. The minimum Gasteiger partial charge on any atom is -0.438 e. The van der Waals surface area contributed by atoms with E-state index in [2.05, 4.69) is 4.98 Å². The fourth-order valence-electron chi connectivity index (χ4n) is 1.56. The summed E-state index contributed by atoms with van der Waals surface area (Å²) in [7, 11) is 0. The summed E-state index contributed by atoms with van der Waals surface area (Å²) in [6.07, 6.45) is 2.22. The SMILES string of the molecule is CCc1cc(Oc2ncc(C#N)cc2Cl)ccc1Cl. The molecular formula is C14H10Cl2N2O. The van der Waals surface area contributed by atoms with Crippen LogP contribution in [0, 0.1) is 11.3 Å². The van der Waals surface area contributed by atoms with Crippen molar-refractivity contribution < 1.29 is 4.74 Å². The molecule has 0 saturated carbocycles. The van der Waals surface area contributed by atoms with Crippen molar-refractivity contribution in [3.05, 3.63) is 51.6 Å². The molecule has 1 aromatic carbocycles. The van der Waals surface area contributed by atoms with Crippen LogP contribution in [-0.4, -0.2) is 4.98 Å². The Kier molecular flexibility index (Phi) is 4.26. The normalized spacial score (nSPS) is 10.0. The zero-order valence-corrected chi connectivity index (χ0v) is 11.7. The lowest BCUT2D eigenvalue weighted by Crippen LogP contribution is -1.91. The third kappa shape index (κ3) is 3.17. The Morgan fingerprint density at radius 3 is 2.68 bits per heavy atom. The van der Waals surface area contributed by atoms with Crippen LogP contribution in [0.1, 0.15) is 18.1 Å². The van der Waals surface area contributed by atoms with E-state index in [1.165, 1.54) is 12.3 Å². The number of hydrogen-bond donors (Lipinski definition) is 0.